The fraction of sp³-hybridized carbons (Fsp3) is 0.556. The fourth-order valence-corrected chi connectivity index (χ4v) is 1.15. The molecule has 0 saturated heterocycles. The van der Waals surface area contributed by atoms with Crippen LogP contribution in [0.1, 0.15) is 5.69 Å². The Morgan fingerprint density at radius 2 is 1.74 bits per heavy atom. The molecule has 0 unspecified atom stereocenters. The lowest BCUT2D eigenvalue weighted by Gasteiger charge is -2.23. The molecule has 1 heterocycles. The van der Waals surface area contributed by atoms with Crippen molar-refractivity contribution in [3.8, 4) is 5.88 Å². The Bertz CT molecular complexity index is 405. The molecule has 0 radical (unpaired) electrons. The van der Waals surface area contributed by atoms with Crippen LogP contribution < -0.4 is 10.1 Å². The molecule has 0 atom stereocenters. The molecular weight excluding hydrogens is 280 g/mol. The van der Waals surface area contributed by atoms with Crippen LogP contribution in [0.5, 0.6) is 5.88 Å². The van der Waals surface area contributed by atoms with Crippen LogP contribution in [0.4, 0.5) is 26.3 Å². The Balaban J connectivity index is 2.94. The molecule has 10 heteroatoms. The lowest BCUT2D eigenvalue weighted by Crippen LogP contribution is -2.46. The molecule has 1 aromatic rings. The SMILES string of the molecule is CNCc1cncc(OC(C(F)(F)F)C(F)(F)F)n1. The zero-order valence-corrected chi connectivity index (χ0v) is 9.51. The van der Waals surface area contributed by atoms with E-state index in [0.717, 1.165) is 0 Å². The maximum atomic E-state index is 12.2. The molecule has 1 rings (SSSR count). The van der Waals surface area contributed by atoms with E-state index in [1.165, 1.54) is 13.2 Å². The highest BCUT2D eigenvalue weighted by molar-refractivity contribution is 5.09. The summed E-state index contributed by atoms with van der Waals surface area (Å²) in [5.41, 5.74) is 0.156. The largest absolute Gasteiger partial charge is 0.454 e. The first kappa shape index (κ1) is 15.5. The van der Waals surface area contributed by atoms with Crippen LogP contribution in [-0.2, 0) is 6.54 Å². The van der Waals surface area contributed by atoms with Crippen molar-refractivity contribution in [3.05, 3.63) is 18.1 Å². The van der Waals surface area contributed by atoms with Gasteiger partial charge in [-0.1, -0.05) is 0 Å². The van der Waals surface area contributed by atoms with E-state index < -0.39 is 24.3 Å². The van der Waals surface area contributed by atoms with Gasteiger partial charge >= 0.3 is 12.4 Å². The predicted molar refractivity (Wildman–Crippen MR) is 51.3 cm³/mol. The van der Waals surface area contributed by atoms with Gasteiger partial charge in [0.2, 0.25) is 5.88 Å². The van der Waals surface area contributed by atoms with E-state index in [2.05, 4.69) is 20.0 Å². The van der Waals surface area contributed by atoms with Crippen LogP contribution >= 0.6 is 0 Å². The van der Waals surface area contributed by atoms with Gasteiger partial charge in [0.1, 0.15) is 0 Å². The first-order chi connectivity index (χ1) is 8.64. The number of alkyl halides is 6. The summed E-state index contributed by atoms with van der Waals surface area (Å²) in [4.78, 5) is 6.94. The lowest BCUT2D eigenvalue weighted by atomic mass is 10.3. The third-order valence-corrected chi connectivity index (χ3v) is 1.85. The number of hydrogen-bond acceptors (Lipinski definition) is 4. The van der Waals surface area contributed by atoms with Gasteiger partial charge in [0.05, 0.1) is 11.9 Å². The van der Waals surface area contributed by atoms with Gasteiger partial charge in [-0.25, -0.2) is 4.98 Å². The van der Waals surface area contributed by atoms with E-state index in [0.29, 0.717) is 6.20 Å². The fourth-order valence-electron chi connectivity index (χ4n) is 1.15. The minimum Gasteiger partial charge on any atom is -0.454 e. The quantitative estimate of drug-likeness (QED) is 0.862. The van der Waals surface area contributed by atoms with Crippen LogP contribution in [-0.4, -0.2) is 35.5 Å². The number of ether oxygens (including phenoxy) is 1. The average Bonchev–Trinajstić information content (AvgIpc) is 2.24. The monoisotopic (exact) mass is 289 g/mol. The number of nitrogens with one attached hydrogen (secondary N) is 1. The second-order valence-corrected chi connectivity index (χ2v) is 3.46. The van der Waals surface area contributed by atoms with Crippen LogP contribution in [0.15, 0.2) is 12.4 Å². The van der Waals surface area contributed by atoms with Gasteiger partial charge < -0.3 is 10.1 Å². The summed E-state index contributed by atoms with van der Waals surface area (Å²) in [6.45, 7) is 0.132. The molecule has 1 N–H and O–H groups in total. The van der Waals surface area contributed by atoms with Gasteiger partial charge in [-0.3, -0.25) is 4.98 Å². The molecule has 0 amide bonds. The highest BCUT2D eigenvalue weighted by Gasteiger charge is 2.59. The molecule has 0 aliphatic rings. The molecule has 1 aromatic heterocycles. The van der Waals surface area contributed by atoms with Gasteiger partial charge in [0.15, 0.2) is 0 Å². The van der Waals surface area contributed by atoms with Crippen LogP contribution in [0.3, 0.4) is 0 Å². The molecule has 19 heavy (non-hydrogen) atoms. The maximum absolute atomic E-state index is 12.2. The first-order valence-corrected chi connectivity index (χ1v) is 4.90. The summed E-state index contributed by atoms with van der Waals surface area (Å²) < 4.78 is 77.3. The average molecular weight is 289 g/mol. The summed E-state index contributed by atoms with van der Waals surface area (Å²) in [7, 11) is 1.53. The first-order valence-electron chi connectivity index (χ1n) is 4.90. The summed E-state index contributed by atoms with van der Waals surface area (Å²) in [5.74, 6) is -0.840. The summed E-state index contributed by atoms with van der Waals surface area (Å²) in [5, 5.41) is 2.62. The van der Waals surface area contributed by atoms with E-state index in [1.807, 2.05) is 0 Å². The van der Waals surface area contributed by atoms with E-state index in [4.69, 9.17) is 0 Å². The van der Waals surface area contributed by atoms with Crippen molar-refractivity contribution in [1.29, 1.82) is 0 Å². The third-order valence-electron chi connectivity index (χ3n) is 1.85. The number of nitrogens with zero attached hydrogens (tertiary/aromatic N) is 2. The summed E-state index contributed by atoms with van der Waals surface area (Å²) >= 11 is 0. The van der Waals surface area contributed by atoms with Crippen molar-refractivity contribution in [2.24, 2.45) is 0 Å². The molecule has 0 fully saturated rings. The standard InChI is InChI=1S/C9H9F6N3O/c1-16-2-5-3-17-4-6(18-5)19-7(8(10,11)12)9(13,14)15/h3-4,7,16H,2H2,1H3. The van der Waals surface area contributed by atoms with Crippen molar-refractivity contribution in [1.82, 2.24) is 15.3 Å². The topological polar surface area (TPSA) is 47.0 Å². The van der Waals surface area contributed by atoms with Crippen molar-refractivity contribution >= 4 is 0 Å². The zero-order chi connectivity index (χ0) is 14.7. The molecule has 4 nitrogen and oxygen atoms in total. The number of rotatable bonds is 4. The number of aromatic nitrogens is 2. The molecule has 0 aliphatic carbocycles. The van der Waals surface area contributed by atoms with Crippen molar-refractivity contribution in [2.45, 2.75) is 25.0 Å². The van der Waals surface area contributed by atoms with Crippen molar-refractivity contribution < 1.29 is 31.1 Å². The van der Waals surface area contributed by atoms with Gasteiger partial charge in [0, 0.05) is 12.7 Å². The second-order valence-electron chi connectivity index (χ2n) is 3.46. The predicted octanol–water partition coefficient (Wildman–Crippen LogP) is 2.07. The van der Waals surface area contributed by atoms with Crippen LogP contribution in [0.2, 0.25) is 0 Å². The molecular formula is C9H9F6N3O. The molecule has 0 aromatic carbocycles. The Labute approximate surface area is 103 Å². The minimum atomic E-state index is -5.58. The molecule has 0 aliphatic heterocycles. The van der Waals surface area contributed by atoms with Crippen LogP contribution in [0, 0.1) is 0 Å². The summed E-state index contributed by atoms with van der Waals surface area (Å²) in [6.07, 6.45) is -13.2. The van der Waals surface area contributed by atoms with E-state index in [1.54, 1.807) is 0 Å². The van der Waals surface area contributed by atoms with Gasteiger partial charge in [-0.15, -0.1) is 0 Å². The normalized spacial score (nSPS) is 12.8. The minimum absolute atomic E-state index is 0.132. The maximum Gasteiger partial charge on any atom is 0.434 e. The third kappa shape index (κ3) is 4.54. The summed E-state index contributed by atoms with van der Waals surface area (Å²) in [6, 6.07) is 0. The highest BCUT2D eigenvalue weighted by Crippen LogP contribution is 2.35. The van der Waals surface area contributed by atoms with E-state index in [-0.39, 0.29) is 12.2 Å². The number of halogens is 6. The van der Waals surface area contributed by atoms with E-state index in [9.17, 15) is 26.3 Å². The Morgan fingerprint density at radius 1 is 1.16 bits per heavy atom. The Hall–Kier alpha value is -1.58. The second kappa shape index (κ2) is 5.59. The van der Waals surface area contributed by atoms with E-state index >= 15 is 0 Å². The number of hydrogen-bond donors (Lipinski definition) is 1. The lowest BCUT2D eigenvalue weighted by molar-refractivity contribution is -0.300. The van der Waals surface area contributed by atoms with Gasteiger partial charge in [-0.05, 0) is 7.05 Å². The Kier molecular flexibility index (Phi) is 4.56. The van der Waals surface area contributed by atoms with Crippen molar-refractivity contribution in [3.63, 3.8) is 0 Å². The molecule has 0 saturated carbocycles. The van der Waals surface area contributed by atoms with Gasteiger partial charge in [-0.2, -0.15) is 26.3 Å². The van der Waals surface area contributed by atoms with Crippen LogP contribution in [0.25, 0.3) is 0 Å². The Morgan fingerprint density at radius 3 is 2.21 bits per heavy atom. The highest BCUT2D eigenvalue weighted by atomic mass is 19.4. The molecule has 108 valence electrons. The molecule has 0 bridgehead atoms. The van der Waals surface area contributed by atoms with Crippen molar-refractivity contribution in [2.75, 3.05) is 7.05 Å². The smallest absolute Gasteiger partial charge is 0.434 e. The molecule has 0 spiro atoms. The zero-order valence-electron chi connectivity index (χ0n) is 9.51. The van der Waals surface area contributed by atoms with Gasteiger partial charge in [0.25, 0.3) is 6.10 Å².